The molecule has 182 valence electrons. The predicted octanol–water partition coefficient (Wildman–Crippen LogP) is 4.50. The second kappa shape index (κ2) is 11.5. The van der Waals surface area contributed by atoms with Crippen molar-refractivity contribution in [3.05, 3.63) is 114 Å². The Kier molecular flexibility index (Phi) is 7.77. The number of likely N-dealkylation sites (N-methyl/N-ethyl adjacent to an activating group) is 1. The third-order valence-corrected chi connectivity index (χ3v) is 5.40. The van der Waals surface area contributed by atoms with Gasteiger partial charge in [-0.3, -0.25) is 14.4 Å². The number of hydrogen-bond acceptors (Lipinski definition) is 5. The van der Waals surface area contributed by atoms with E-state index in [-0.39, 0.29) is 36.6 Å². The summed E-state index contributed by atoms with van der Waals surface area (Å²) in [6, 6.07) is 26.0. The van der Waals surface area contributed by atoms with Crippen LogP contribution in [0.2, 0.25) is 0 Å². The minimum absolute atomic E-state index is 0.225. The summed E-state index contributed by atoms with van der Waals surface area (Å²) in [5.41, 5.74) is 1.71. The van der Waals surface area contributed by atoms with Crippen LogP contribution < -0.4 is 20.3 Å². The van der Waals surface area contributed by atoms with Crippen molar-refractivity contribution < 1.29 is 23.5 Å². The Hall–Kier alpha value is -4.85. The molecule has 4 aromatic rings. The van der Waals surface area contributed by atoms with E-state index >= 15 is 0 Å². The highest BCUT2D eigenvalue weighted by Gasteiger charge is 2.20. The van der Waals surface area contributed by atoms with Crippen molar-refractivity contribution in [2.75, 3.05) is 23.9 Å². The number of carbonyl (C=O) groups is 3. The van der Waals surface area contributed by atoms with Crippen molar-refractivity contribution in [3.63, 3.8) is 0 Å². The molecule has 4 rings (SSSR count). The predicted molar refractivity (Wildman–Crippen MR) is 136 cm³/mol. The highest BCUT2D eigenvalue weighted by molar-refractivity contribution is 6.07. The molecule has 0 spiro atoms. The monoisotopic (exact) mass is 483 g/mol. The van der Waals surface area contributed by atoms with Crippen molar-refractivity contribution in [3.8, 4) is 5.75 Å². The molecule has 0 saturated carbocycles. The van der Waals surface area contributed by atoms with E-state index < -0.39 is 0 Å². The zero-order valence-corrected chi connectivity index (χ0v) is 19.6. The molecule has 1 heterocycles. The highest BCUT2D eigenvalue weighted by Crippen LogP contribution is 2.22. The molecular weight excluding hydrogens is 458 g/mol. The Bertz CT molecular complexity index is 1340. The summed E-state index contributed by atoms with van der Waals surface area (Å²) < 4.78 is 11.0. The summed E-state index contributed by atoms with van der Waals surface area (Å²) in [5, 5.41) is 5.60. The normalized spacial score (nSPS) is 10.4. The SMILES string of the molecule is CN(C(=O)COc1ccccc1C(=O)Nc1ccccc1)c1ccccc1C(=O)NCc1ccco1. The third kappa shape index (κ3) is 5.98. The van der Waals surface area contributed by atoms with Crippen LogP contribution in [0.25, 0.3) is 0 Å². The Morgan fingerprint density at radius 3 is 2.25 bits per heavy atom. The van der Waals surface area contributed by atoms with E-state index in [1.807, 2.05) is 18.2 Å². The molecule has 0 aliphatic rings. The molecule has 0 aliphatic carbocycles. The first-order valence-corrected chi connectivity index (χ1v) is 11.3. The molecule has 0 radical (unpaired) electrons. The number of ether oxygens (including phenoxy) is 1. The van der Waals surface area contributed by atoms with E-state index in [1.165, 1.54) is 11.2 Å². The minimum Gasteiger partial charge on any atom is -0.483 e. The van der Waals surface area contributed by atoms with Crippen LogP contribution in [-0.4, -0.2) is 31.4 Å². The average molecular weight is 484 g/mol. The standard InChI is InChI=1S/C28H25N3O5/c1-31(24-15-7-5-13-22(24)27(33)29-18-21-12-9-17-35-21)26(32)19-36-25-16-8-6-14-23(25)28(34)30-20-10-3-2-4-11-20/h2-17H,18-19H2,1H3,(H,29,33)(H,30,34). The maximum Gasteiger partial charge on any atom is 0.264 e. The first-order valence-electron chi connectivity index (χ1n) is 11.3. The highest BCUT2D eigenvalue weighted by atomic mass is 16.5. The topological polar surface area (TPSA) is 101 Å². The molecule has 0 atom stereocenters. The van der Waals surface area contributed by atoms with Gasteiger partial charge in [-0.1, -0.05) is 42.5 Å². The van der Waals surface area contributed by atoms with E-state index in [2.05, 4.69) is 10.6 Å². The molecule has 2 N–H and O–H groups in total. The lowest BCUT2D eigenvalue weighted by atomic mass is 10.1. The van der Waals surface area contributed by atoms with Gasteiger partial charge in [-0.25, -0.2) is 0 Å². The van der Waals surface area contributed by atoms with E-state index in [9.17, 15) is 14.4 Å². The van der Waals surface area contributed by atoms with E-state index in [0.29, 0.717) is 28.3 Å². The summed E-state index contributed by atoms with van der Waals surface area (Å²) in [4.78, 5) is 39.9. The minimum atomic E-state index is -0.389. The van der Waals surface area contributed by atoms with Crippen molar-refractivity contribution in [2.24, 2.45) is 0 Å². The van der Waals surface area contributed by atoms with Crippen LogP contribution in [0.1, 0.15) is 26.5 Å². The number of nitrogens with zero attached hydrogens (tertiary/aromatic N) is 1. The number of para-hydroxylation sites is 3. The first-order chi connectivity index (χ1) is 17.5. The van der Waals surface area contributed by atoms with Crippen LogP contribution in [0.15, 0.2) is 102 Å². The number of anilines is 2. The zero-order chi connectivity index (χ0) is 25.3. The molecule has 36 heavy (non-hydrogen) atoms. The number of nitrogens with one attached hydrogen (secondary N) is 2. The summed E-state index contributed by atoms with van der Waals surface area (Å²) in [5.74, 6) is -0.188. The molecule has 3 amide bonds. The maximum atomic E-state index is 13.0. The van der Waals surface area contributed by atoms with Gasteiger partial charge >= 0.3 is 0 Å². The molecule has 0 saturated heterocycles. The smallest absolute Gasteiger partial charge is 0.264 e. The summed E-state index contributed by atoms with van der Waals surface area (Å²) in [6.45, 7) is -0.1000. The number of hydrogen-bond donors (Lipinski definition) is 2. The maximum absolute atomic E-state index is 13.0. The lowest BCUT2D eigenvalue weighted by Gasteiger charge is -2.21. The van der Waals surface area contributed by atoms with Gasteiger partial charge in [0, 0.05) is 12.7 Å². The molecule has 0 fully saturated rings. The number of amides is 3. The van der Waals surface area contributed by atoms with Crippen LogP contribution in [0.3, 0.4) is 0 Å². The second-order valence-corrected chi connectivity index (χ2v) is 7.84. The fourth-order valence-electron chi connectivity index (χ4n) is 3.50. The molecule has 8 heteroatoms. The molecule has 3 aromatic carbocycles. The molecule has 0 aliphatic heterocycles. The Morgan fingerprint density at radius 1 is 0.806 bits per heavy atom. The first kappa shape index (κ1) is 24.3. The number of rotatable bonds is 9. The molecule has 1 aromatic heterocycles. The fourth-order valence-corrected chi connectivity index (χ4v) is 3.50. The molecule has 0 unspecified atom stereocenters. The fraction of sp³-hybridized carbons (Fsp3) is 0.107. The van der Waals surface area contributed by atoms with Gasteiger partial charge in [-0.05, 0) is 48.5 Å². The largest absolute Gasteiger partial charge is 0.483 e. The summed E-state index contributed by atoms with van der Waals surface area (Å²) in [6.07, 6.45) is 1.53. The molecule has 0 bridgehead atoms. The van der Waals surface area contributed by atoms with Crippen molar-refractivity contribution in [1.29, 1.82) is 0 Å². The van der Waals surface area contributed by atoms with Crippen LogP contribution in [0.4, 0.5) is 11.4 Å². The Labute approximate surface area is 208 Å². The van der Waals surface area contributed by atoms with Crippen LogP contribution >= 0.6 is 0 Å². The van der Waals surface area contributed by atoms with Crippen molar-refractivity contribution in [2.45, 2.75) is 6.54 Å². The van der Waals surface area contributed by atoms with Gasteiger partial charge < -0.3 is 24.7 Å². The molecule has 8 nitrogen and oxygen atoms in total. The van der Waals surface area contributed by atoms with E-state index in [1.54, 1.807) is 79.8 Å². The van der Waals surface area contributed by atoms with Gasteiger partial charge in [-0.2, -0.15) is 0 Å². The van der Waals surface area contributed by atoms with Crippen LogP contribution in [-0.2, 0) is 11.3 Å². The van der Waals surface area contributed by atoms with Crippen molar-refractivity contribution in [1.82, 2.24) is 5.32 Å². The third-order valence-electron chi connectivity index (χ3n) is 5.40. The van der Waals surface area contributed by atoms with Crippen LogP contribution in [0.5, 0.6) is 5.75 Å². The molecular formula is C28H25N3O5. The van der Waals surface area contributed by atoms with Crippen LogP contribution in [0, 0.1) is 0 Å². The van der Waals surface area contributed by atoms with Gasteiger partial charge in [-0.15, -0.1) is 0 Å². The lowest BCUT2D eigenvalue weighted by Crippen LogP contribution is -2.34. The van der Waals surface area contributed by atoms with Gasteiger partial charge in [0.2, 0.25) is 0 Å². The van der Waals surface area contributed by atoms with E-state index in [4.69, 9.17) is 9.15 Å². The Morgan fingerprint density at radius 2 is 1.50 bits per heavy atom. The Balaban J connectivity index is 1.42. The van der Waals surface area contributed by atoms with Gasteiger partial charge in [0.1, 0.15) is 11.5 Å². The van der Waals surface area contributed by atoms with Gasteiger partial charge in [0.05, 0.1) is 29.6 Å². The van der Waals surface area contributed by atoms with Gasteiger partial charge in [0.15, 0.2) is 6.61 Å². The van der Waals surface area contributed by atoms with Gasteiger partial charge in [0.25, 0.3) is 17.7 Å². The number of benzene rings is 3. The number of carbonyl (C=O) groups excluding carboxylic acids is 3. The van der Waals surface area contributed by atoms with Crippen molar-refractivity contribution >= 4 is 29.1 Å². The second-order valence-electron chi connectivity index (χ2n) is 7.84. The lowest BCUT2D eigenvalue weighted by molar-refractivity contribution is -0.120. The average Bonchev–Trinajstić information content (AvgIpc) is 3.44. The zero-order valence-electron chi connectivity index (χ0n) is 19.6. The van der Waals surface area contributed by atoms with E-state index in [0.717, 1.165) is 0 Å². The summed E-state index contributed by atoms with van der Waals surface area (Å²) >= 11 is 0. The quantitative estimate of drug-likeness (QED) is 0.365. The summed E-state index contributed by atoms with van der Waals surface area (Å²) in [7, 11) is 1.57. The number of furan rings is 1.